The van der Waals surface area contributed by atoms with Crippen LogP contribution >= 0.6 is 0 Å². The van der Waals surface area contributed by atoms with Crippen LogP contribution in [-0.4, -0.2) is 32.1 Å². The third kappa shape index (κ3) is 4.21. The van der Waals surface area contributed by atoms with E-state index < -0.39 is 22.0 Å². The lowest BCUT2D eigenvalue weighted by Gasteiger charge is -2.26. The van der Waals surface area contributed by atoms with Crippen LogP contribution in [0.4, 0.5) is 5.69 Å². The number of sulfone groups is 1. The van der Waals surface area contributed by atoms with Crippen LogP contribution in [0.1, 0.15) is 33.9 Å². The highest BCUT2D eigenvalue weighted by Gasteiger charge is 2.31. The first-order valence-electron chi connectivity index (χ1n) is 10.7. The molecule has 2 heterocycles. The van der Waals surface area contributed by atoms with Gasteiger partial charge >= 0.3 is 0 Å². The number of rotatable bonds is 4. The molecule has 2 unspecified atom stereocenters. The number of hydrogen-bond acceptors (Lipinski definition) is 5. The van der Waals surface area contributed by atoms with Gasteiger partial charge in [0.15, 0.2) is 15.9 Å². The first-order valence-corrected chi connectivity index (χ1v) is 12.3. The average Bonchev–Trinajstić information content (AvgIpc) is 3.26. The van der Waals surface area contributed by atoms with E-state index in [9.17, 15) is 18.0 Å². The fourth-order valence-electron chi connectivity index (χ4n) is 4.27. The SMILES string of the molecule is O=C(NC1CCS(=O)(=O)c2ccccc21)c1cccc(NC(=O)C2Cc3ccccc3O2)c1. The van der Waals surface area contributed by atoms with Gasteiger partial charge in [-0.25, -0.2) is 8.42 Å². The lowest BCUT2D eigenvalue weighted by molar-refractivity contribution is -0.122. The summed E-state index contributed by atoms with van der Waals surface area (Å²) in [4.78, 5) is 25.9. The van der Waals surface area contributed by atoms with Gasteiger partial charge in [-0.15, -0.1) is 0 Å². The number of benzene rings is 3. The van der Waals surface area contributed by atoms with E-state index in [1.165, 1.54) is 0 Å². The topological polar surface area (TPSA) is 102 Å². The van der Waals surface area contributed by atoms with Crippen LogP contribution in [0.25, 0.3) is 0 Å². The summed E-state index contributed by atoms with van der Waals surface area (Å²) in [6.45, 7) is 0. The minimum Gasteiger partial charge on any atom is -0.480 e. The first kappa shape index (κ1) is 21.2. The van der Waals surface area contributed by atoms with Crippen molar-refractivity contribution >= 4 is 27.3 Å². The molecule has 0 saturated carbocycles. The number of para-hydroxylation sites is 1. The van der Waals surface area contributed by atoms with Crippen LogP contribution < -0.4 is 15.4 Å². The Balaban J connectivity index is 1.28. The van der Waals surface area contributed by atoms with Crippen molar-refractivity contribution in [3.05, 3.63) is 89.5 Å². The lowest BCUT2D eigenvalue weighted by Crippen LogP contribution is -2.34. The van der Waals surface area contributed by atoms with E-state index in [-0.39, 0.29) is 22.5 Å². The van der Waals surface area contributed by atoms with Gasteiger partial charge in [0.2, 0.25) is 0 Å². The second-order valence-corrected chi connectivity index (χ2v) is 10.2. The highest BCUT2D eigenvalue weighted by molar-refractivity contribution is 7.91. The summed E-state index contributed by atoms with van der Waals surface area (Å²) in [6, 6.07) is 20.5. The highest BCUT2D eigenvalue weighted by atomic mass is 32.2. The molecular weight excluding hydrogens is 440 g/mol. The molecule has 0 spiro atoms. The maximum Gasteiger partial charge on any atom is 0.265 e. The van der Waals surface area contributed by atoms with Gasteiger partial charge in [0.05, 0.1) is 16.7 Å². The smallest absolute Gasteiger partial charge is 0.265 e. The maximum atomic E-state index is 12.9. The molecule has 2 aliphatic heterocycles. The minimum absolute atomic E-state index is 0.0190. The second-order valence-electron chi connectivity index (χ2n) is 8.16. The highest BCUT2D eigenvalue weighted by Crippen LogP contribution is 2.32. The maximum absolute atomic E-state index is 12.9. The van der Waals surface area contributed by atoms with Crippen LogP contribution in [0.5, 0.6) is 5.75 Å². The van der Waals surface area contributed by atoms with E-state index in [1.54, 1.807) is 48.5 Å². The van der Waals surface area contributed by atoms with E-state index in [0.717, 1.165) is 5.56 Å². The number of ether oxygens (including phenoxy) is 1. The monoisotopic (exact) mass is 462 g/mol. The van der Waals surface area contributed by atoms with Gasteiger partial charge in [-0.3, -0.25) is 9.59 Å². The van der Waals surface area contributed by atoms with Crippen LogP contribution in [0, 0.1) is 0 Å². The molecule has 2 aliphatic rings. The summed E-state index contributed by atoms with van der Waals surface area (Å²) in [5.74, 6) is 0.0694. The van der Waals surface area contributed by atoms with E-state index in [2.05, 4.69) is 10.6 Å². The number of anilines is 1. The molecule has 0 aliphatic carbocycles. The van der Waals surface area contributed by atoms with Crippen molar-refractivity contribution in [1.82, 2.24) is 5.32 Å². The van der Waals surface area contributed by atoms with Crippen molar-refractivity contribution in [2.75, 3.05) is 11.1 Å². The Morgan fingerprint density at radius 2 is 1.73 bits per heavy atom. The molecule has 0 fully saturated rings. The Morgan fingerprint density at radius 3 is 2.58 bits per heavy atom. The van der Waals surface area contributed by atoms with Gasteiger partial charge in [0.1, 0.15) is 5.75 Å². The third-order valence-corrected chi connectivity index (χ3v) is 7.76. The number of carbonyl (C=O) groups excluding carboxylic acids is 2. The Morgan fingerprint density at radius 1 is 0.939 bits per heavy atom. The van der Waals surface area contributed by atoms with Crippen molar-refractivity contribution in [2.45, 2.75) is 29.9 Å². The molecule has 0 bridgehead atoms. The summed E-state index contributed by atoms with van der Waals surface area (Å²) in [7, 11) is -3.33. The van der Waals surface area contributed by atoms with Crippen LogP contribution in [0.2, 0.25) is 0 Å². The van der Waals surface area contributed by atoms with Crippen LogP contribution in [-0.2, 0) is 21.1 Å². The Kier molecular flexibility index (Phi) is 5.38. The van der Waals surface area contributed by atoms with Gasteiger partial charge < -0.3 is 15.4 Å². The quantitative estimate of drug-likeness (QED) is 0.620. The van der Waals surface area contributed by atoms with E-state index in [1.807, 2.05) is 24.3 Å². The number of fused-ring (bicyclic) bond motifs is 2. The lowest BCUT2D eigenvalue weighted by atomic mass is 10.0. The minimum atomic E-state index is -3.33. The fourth-order valence-corrected chi connectivity index (χ4v) is 5.89. The van der Waals surface area contributed by atoms with E-state index in [0.29, 0.717) is 35.4 Å². The predicted octanol–water partition coefficient (Wildman–Crippen LogP) is 3.28. The van der Waals surface area contributed by atoms with Crippen LogP contribution in [0.15, 0.2) is 77.7 Å². The van der Waals surface area contributed by atoms with Crippen molar-refractivity contribution in [1.29, 1.82) is 0 Å². The summed E-state index contributed by atoms with van der Waals surface area (Å²) in [5.41, 5.74) is 2.44. The van der Waals surface area contributed by atoms with Crippen molar-refractivity contribution in [3.8, 4) is 5.75 Å². The zero-order valence-corrected chi connectivity index (χ0v) is 18.5. The first-order chi connectivity index (χ1) is 15.9. The summed E-state index contributed by atoms with van der Waals surface area (Å²) >= 11 is 0. The Labute approximate surface area is 191 Å². The van der Waals surface area contributed by atoms with E-state index >= 15 is 0 Å². The molecule has 0 radical (unpaired) electrons. The van der Waals surface area contributed by atoms with Gasteiger partial charge in [0.25, 0.3) is 11.8 Å². The van der Waals surface area contributed by atoms with Gasteiger partial charge in [-0.2, -0.15) is 0 Å². The molecule has 168 valence electrons. The average molecular weight is 463 g/mol. The zero-order chi connectivity index (χ0) is 23.0. The van der Waals surface area contributed by atoms with Gasteiger partial charge in [0, 0.05) is 17.7 Å². The van der Waals surface area contributed by atoms with Crippen molar-refractivity contribution in [3.63, 3.8) is 0 Å². The summed E-state index contributed by atoms with van der Waals surface area (Å²) in [6.07, 6.45) is 0.174. The molecule has 8 heteroatoms. The molecule has 5 rings (SSSR count). The van der Waals surface area contributed by atoms with Gasteiger partial charge in [-0.1, -0.05) is 42.5 Å². The van der Waals surface area contributed by atoms with Gasteiger partial charge in [-0.05, 0) is 47.9 Å². The number of nitrogens with one attached hydrogen (secondary N) is 2. The molecule has 2 N–H and O–H groups in total. The van der Waals surface area contributed by atoms with E-state index in [4.69, 9.17) is 4.74 Å². The predicted molar refractivity (Wildman–Crippen MR) is 123 cm³/mol. The molecule has 2 atom stereocenters. The number of hydrogen-bond donors (Lipinski definition) is 2. The molecule has 0 aromatic heterocycles. The second kappa shape index (κ2) is 8.37. The molecule has 3 aromatic rings. The zero-order valence-electron chi connectivity index (χ0n) is 17.7. The molecule has 7 nitrogen and oxygen atoms in total. The van der Waals surface area contributed by atoms with Crippen molar-refractivity contribution < 1.29 is 22.7 Å². The Hall–Kier alpha value is -3.65. The fraction of sp³-hybridized carbons (Fsp3) is 0.200. The normalized spacial score (nSPS) is 20.1. The van der Waals surface area contributed by atoms with Crippen LogP contribution in [0.3, 0.4) is 0 Å². The number of amides is 2. The molecule has 3 aromatic carbocycles. The molecule has 2 amide bonds. The standard InChI is InChI=1S/C25H22N2O5S/c28-24(27-20-12-13-33(30,31)23-11-4-2-9-19(20)23)17-7-5-8-18(14-17)26-25(29)22-15-16-6-1-3-10-21(16)32-22/h1-11,14,20,22H,12-13,15H2,(H,26,29)(H,27,28). The van der Waals surface area contributed by atoms with Crippen molar-refractivity contribution in [2.24, 2.45) is 0 Å². The summed E-state index contributed by atoms with van der Waals surface area (Å²) < 4.78 is 30.4. The molecular formula is C25H22N2O5S. The summed E-state index contributed by atoms with van der Waals surface area (Å²) in [5, 5.41) is 5.76. The Bertz CT molecular complexity index is 1330. The number of carbonyl (C=O) groups is 2. The molecule has 0 saturated heterocycles. The molecule has 33 heavy (non-hydrogen) atoms. The third-order valence-electron chi connectivity index (χ3n) is 5.94. The largest absolute Gasteiger partial charge is 0.480 e.